The lowest BCUT2D eigenvalue weighted by atomic mass is 10.1. The predicted molar refractivity (Wildman–Crippen MR) is 242 cm³/mol. The molecule has 21 nitrogen and oxygen atoms in total. The number of hydrogen-bond donors (Lipinski definition) is 4. The smallest absolute Gasteiger partial charge is 0.410 e. The highest BCUT2D eigenvalue weighted by Gasteiger charge is 2.34. The van der Waals surface area contributed by atoms with Crippen molar-refractivity contribution in [2.45, 2.75) is 92.6 Å². The van der Waals surface area contributed by atoms with E-state index in [-0.39, 0.29) is 66.4 Å². The van der Waals surface area contributed by atoms with Crippen LogP contribution < -0.4 is 26.8 Å². The van der Waals surface area contributed by atoms with Crippen molar-refractivity contribution in [3.8, 4) is 5.75 Å². The van der Waals surface area contributed by atoms with Crippen LogP contribution in [-0.2, 0) is 35.5 Å². The van der Waals surface area contributed by atoms with Gasteiger partial charge in [-0.1, -0.05) is 19.1 Å². The number of primary amides is 2. The molecule has 1 aliphatic heterocycles. The minimum absolute atomic E-state index is 0.0392. The molecule has 0 aliphatic carbocycles. The van der Waals surface area contributed by atoms with Gasteiger partial charge in [0.25, 0.3) is 11.8 Å². The van der Waals surface area contributed by atoms with Crippen LogP contribution in [0.5, 0.6) is 5.75 Å². The van der Waals surface area contributed by atoms with Crippen molar-refractivity contribution in [1.82, 2.24) is 38.8 Å². The SMILES string of the molecule is CCc1nc(C)oc1C(=O)Nc1nc2cc(C(N)=O)cc(OCCCOC3CN(C(=O)OC(C)(C)C)C3)c2n1C/C=C/Cn1c(NC(=O)c2cc(C)nn2CC)nc2cc(C(N)=O)ccc21. The Bertz CT molecular complexity index is 2860. The molecule has 5 amide bonds. The standard InChI is InChI=1S/C45H54N12O9/c1-8-30-37(65-26(4)48-30)41(61)52-43-50-32-21-28(39(47)59)22-35(64-18-12-17-63-29-23-54(24-29)44(62)66-45(5,6)7)36(32)56(43)16-11-10-15-55-33-14-13-27(38(46)58)20-31(33)49-42(55)51-40(60)34-19-25(3)53-57(34)9-2/h10-11,13-14,19-22,29H,8-9,12,15-18,23-24H2,1-7H3,(H2,46,58)(H2,47,59)(H,49,51,60)(H,50,52,61)/b11-10+. The molecule has 0 atom stereocenters. The van der Waals surface area contributed by atoms with Crippen molar-refractivity contribution in [3.05, 3.63) is 88.4 Å². The van der Waals surface area contributed by atoms with Gasteiger partial charge < -0.3 is 44.1 Å². The Morgan fingerprint density at radius 3 is 2.20 bits per heavy atom. The Labute approximate surface area is 379 Å². The Morgan fingerprint density at radius 2 is 1.52 bits per heavy atom. The first-order chi connectivity index (χ1) is 31.4. The highest BCUT2D eigenvalue weighted by molar-refractivity contribution is 6.05. The van der Waals surface area contributed by atoms with Crippen LogP contribution in [0.15, 0.2) is 53.0 Å². The Balaban J connectivity index is 1.16. The summed E-state index contributed by atoms with van der Waals surface area (Å²) in [4.78, 5) is 79.6. The lowest BCUT2D eigenvalue weighted by Crippen LogP contribution is -2.56. The van der Waals surface area contributed by atoms with Gasteiger partial charge in [-0.2, -0.15) is 5.10 Å². The normalized spacial score (nSPS) is 13.1. The average Bonchev–Trinajstić information content (AvgIpc) is 4.00. The molecule has 0 unspecified atom stereocenters. The molecule has 2 aromatic carbocycles. The van der Waals surface area contributed by atoms with Gasteiger partial charge >= 0.3 is 6.09 Å². The molecule has 0 radical (unpaired) electrons. The number of imidazole rings is 2. The van der Waals surface area contributed by atoms with Crippen molar-refractivity contribution in [2.75, 3.05) is 36.9 Å². The first-order valence-electron chi connectivity index (χ1n) is 21.6. The van der Waals surface area contributed by atoms with Gasteiger partial charge in [-0.3, -0.25) is 34.5 Å². The number of carbonyl (C=O) groups excluding carboxylic acids is 5. The topological polar surface area (TPSA) is 272 Å². The van der Waals surface area contributed by atoms with E-state index >= 15 is 0 Å². The van der Waals surface area contributed by atoms with Gasteiger partial charge in [0.05, 0.1) is 60.3 Å². The molecule has 5 heterocycles. The van der Waals surface area contributed by atoms with Crippen LogP contribution in [0.3, 0.4) is 0 Å². The van der Waals surface area contributed by atoms with Crippen LogP contribution in [0.4, 0.5) is 16.7 Å². The molecule has 4 aromatic heterocycles. The summed E-state index contributed by atoms with van der Waals surface area (Å²) in [6, 6.07) is 9.58. The molecule has 0 spiro atoms. The summed E-state index contributed by atoms with van der Waals surface area (Å²) in [5, 5.41) is 10.2. The Morgan fingerprint density at radius 1 is 0.848 bits per heavy atom. The number of nitrogens with zero attached hydrogens (tertiary/aromatic N) is 8. The maximum Gasteiger partial charge on any atom is 0.410 e. The molecule has 66 heavy (non-hydrogen) atoms. The molecule has 21 heteroatoms. The van der Waals surface area contributed by atoms with Crippen LogP contribution in [-0.4, -0.2) is 106 Å². The highest BCUT2D eigenvalue weighted by Crippen LogP contribution is 2.32. The van der Waals surface area contributed by atoms with Gasteiger partial charge in [0.15, 0.2) is 5.89 Å². The van der Waals surface area contributed by atoms with Gasteiger partial charge in [-0.25, -0.2) is 19.7 Å². The van der Waals surface area contributed by atoms with Crippen LogP contribution in [0.25, 0.3) is 22.1 Å². The summed E-state index contributed by atoms with van der Waals surface area (Å²) < 4.78 is 28.5. The molecule has 0 bridgehead atoms. The van der Waals surface area contributed by atoms with E-state index in [1.54, 1.807) is 56.8 Å². The predicted octanol–water partition coefficient (Wildman–Crippen LogP) is 5.13. The minimum Gasteiger partial charge on any atom is -0.491 e. The Kier molecular flexibility index (Phi) is 13.6. The number of allylic oxidation sites excluding steroid dienone is 2. The minimum atomic E-state index is -0.706. The molecule has 348 valence electrons. The van der Waals surface area contributed by atoms with Gasteiger partial charge in [0.2, 0.25) is 29.5 Å². The van der Waals surface area contributed by atoms with E-state index in [4.69, 9.17) is 35.1 Å². The number of nitrogens with one attached hydrogen (secondary N) is 2. The van der Waals surface area contributed by atoms with Crippen molar-refractivity contribution < 1.29 is 42.6 Å². The van der Waals surface area contributed by atoms with E-state index in [2.05, 4.69) is 25.7 Å². The van der Waals surface area contributed by atoms with Gasteiger partial charge in [-0.15, -0.1) is 0 Å². The second-order valence-corrected chi connectivity index (χ2v) is 16.7. The molecule has 7 rings (SSSR count). The zero-order chi connectivity index (χ0) is 47.4. The van der Waals surface area contributed by atoms with Crippen molar-refractivity contribution in [2.24, 2.45) is 11.5 Å². The number of benzene rings is 2. The number of amides is 5. The maximum absolute atomic E-state index is 13.7. The molecule has 6 N–H and O–H groups in total. The lowest BCUT2D eigenvalue weighted by molar-refractivity contribution is -0.0647. The van der Waals surface area contributed by atoms with E-state index in [0.29, 0.717) is 84.1 Å². The zero-order valence-electron chi connectivity index (χ0n) is 38.0. The fourth-order valence-electron chi connectivity index (χ4n) is 7.37. The van der Waals surface area contributed by atoms with Gasteiger partial charge in [-0.05, 0) is 77.4 Å². The summed E-state index contributed by atoms with van der Waals surface area (Å²) >= 11 is 0. The molecule has 1 saturated heterocycles. The van der Waals surface area contributed by atoms with Gasteiger partial charge in [0, 0.05) is 44.1 Å². The number of fused-ring (bicyclic) bond motifs is 2. The number of aromatic nitrogens is 7. The van der Waals surface area contributed by atoms with E-state index in [9.17, 15) is 24.0 Å². The highest BCUT2D eigenvalue weighted by atomic mass is 16.6. The van der Waals surface area contributed by atoms with Crippen molar-refractivity contribution in [3.63, 3.8) is 0 Å². The lowest BCUT2D eigenvalue weighted by Gasteiger charge is -2.39. The fourth-order valence-corrected chi connectivity index (χ4v) is 7.37. The molecular formula is C45H54N12O9. The molecule has 1 fully saturated rings. The first kappa shape index (κ1) is 46.4. The average molecular weight is 907 g/mol. The van der Waals surface area contributed by atoms with E-state index in [0.717, 1.165) is 0 Å². The number of rotatable bonds is 18. The quantitative estimate of drug-likeness (QED) is 0.0644. The van der Waals surface area contributed by atoms with Crippen molar-refractivity contribution >= 4 is 63.7 Å². The fraction of sp³-hybridized carbons (Fsp3) is 0.400. The van der Waals surface area contributed by atoms with E-state index < -0.39 is 29.2 Å². The van der Waals surface area contributed by atoms with E-state index in [1.165, 1.54) is 12.1 Å². The zero-order valence-corrected chi connectivity index (χ0v) is 38.0. The summed E-state index contributed by atoms with van der Waals surface area (Å²) in [5.74, 6) is -1.35. The van der Waals surface area contributed by atoms with Crippen LogP contribution in [0.2, 0.25) is 0 Å². The third kappa shape index (κ3) is 10.4. The number of likely N-dealkylation sites (tertiary alicyclic amines) is 1. The third-order valence-corrected chi connectivity index (χ3v) is 10.5. The second-order valence-electron chi connectivity index (χ2n) is 16.7. The second kappa shape index (κ2) is 19.3. The maximum atomic E-state index is 13.7. The first-order valence-corrected chi connectivity index (χ1v) is 21.6. The summed E-state index contributed by atoms with van der Waals surface area (Å²) in [7, 11) is 0. The van der Waals surface area contributed by atoms with Crippen LogP contribution in [0.1, 0.15) is 100 Å². The molecular weight excluding hydrogens is 853 g/mol. The van der Waals surface area contributed by atoms with E-state index in [1.807, 2.05) is 46.8 Å². The Hall–Kier alpha value is -7.55. The summed E-state index contributed by atoms with van der Waals surface area (Å²) in [6.45, 7) is 14.8. The number of aryl methyl sites for hydroxylation is 4. The largest absolute Gasteiger partial charge is 0.491 e. The number of oxazole rings is 1. The monoisotopic (exact) mass is 906 g/mol. The van der Waals surface area contributed by atoms with Gasteiger partial charge in [0.1, 0.15) is 22.6 Å². The van der Waals surface area contributed by atoms with Crippen LogP contribution >= 0.6 is 0 Å². The number of nitrogens with two attached hydrogens (primary N) is 2. The molecule has 6 aromatic rings. The number of anilines is 2. The summed E-state index contributed by atoms with van der Waals surface area (Å²) in [6.07, 6.45) is 4.05. The number of ether oxygens (including phenoxy) is 3. The third-order valence-electron chi connectivity index (χ3n) is 10.5. The molecule has 1 aliphatic rings. The molecule has 0 saturated carbocycles. The van der Waals surface area contributed by atoms with Crippen molar-refractivity contribution in [1.29, 1.82) is 0 Å². The van der Waals surface area contributed by atoms with Crippen LogP contribution in [0, 0.1) is 13.8 Å². The summed E-state index contributed by atoms with van der Waals surface area (Å²) in [5.41, 5.74) is 14.5. The number of carbonyl (C=O) groups is 5. The number of hydrogen-bond acceptors (Lipinski definition) is 13.